The van der Waals surface area contributed by atoms with Gasteiger partial charge in [-0.25, -0.2) is 9.18 Å². The molecule has 0 fully saturated rings. The molecule has 6 heteroatoms. The highest BCUT2D eigenvalue weighted by molar-refractivity contribution is 5.88. The zero-order valence-corrected chi connectivity index (χ0v) is 10.8. The predicted octanol–water partition coefficient (Wildman–Crippen LogP) is 2.83. The van der Waals surface area contributed by atoms with E-state index in [2.05, 4.69) is 0 Å². The van der Waals surface area contributed by atoms with E-state index < -0.39 is 11.8 Å². The second-order valence-corrected chi connectivity index (χ2v) is 4.39. The molecular weight excluding hydrogens is 279 g/mol. The number of hydrogen-bond acceptors (Lipinski definition) is 4. The molecule has 0 bridgehead atoms. The van der Waals surface area contributed by atoms with Gasteiger partial charge in [0.1, 0.15) is 18.2 Å². The maximum absolute atomic E-state index is 13.9. The van der Waals surface area contributed by atoms with Gasteiger partial charge in [-0.05, 0) is 18.2 Å². The Morgan fingerprint density at radius 1 is 1.24 bits per heavy atom. The van der Waals surface area contributed by atoms with Crippen LogP contribution in [-0.2, 0) is 6.61 Å². The van der Waals surface area contributed by atoms with E-state index in [9.17, 15) is 9.18 Å². The van der Waals surface area contributed by atoms with Gasteiger partial charge in [0.05, 0.1) is 5.56 Å². The molecule has 0 aromatic heterocycles. The summed E-state index contributed by atoms with van der Waals surface area (Å²) in [6.45, 7) is 0.0840. The third-order valence-corrected chi connectivity index (χ3v) is 3.05. The third kappa shape index (κ3) is 2.60. The number of halogens is 1. The van der Waals surface area contributed by atoms with Crippen molar-refractivity contribution in [3.05, 3.63) is 53.3 Å². The zero-order valence-electron chi connectivity index (χ0n) is 10.8. The fourth-order valence-corrected chi connectivity index (χ4v) is 1.98. The summed E-state index contributed by atoms with van der Waals surface area (Å²) in [5, 5.41) is 8.87. The van der Waals surface area contributed by atoms with E-state index >= 15 is 0 Å². The van der Waals surface area contributed by atoms with Crippen molar-refractivity contribution in [2.75, 3.05) is 6.79 Å². The highest BCUT2D eigenvalue weighted by Gasteiger charge is 2.16. The summed E-state index contributed by atoms with van der Waals surface area (Å²) in [6, 6.07) is 9.18. The summed E-state index contributed by atoms with van der Waals surface area (Å²) in [4.78, 5) is 10.9. The lowest BCUT2D eigenvalue weighted by Crippen LogP contribution is -2.05. The molecule has 0 saturated heterocycles. The van der Waals surface area contributed by atoms with Gasteiger partial charge in [-0.3, -0.25) is 0 Å². The Hall–Kier alpha value is -2.76. The first kappa shape index (κ1) is 13.2. The largest absolute Gasteiger partial charge is 0.489 e. The molecule has 0 atom stereocenters. The minimum atomic E-state index is -1.31. The summed E-state index contributed by atoms with van der Waals surface area (Å²) in [5.74, 6) is -0.420. The molecule has 3 rings (SSSR count). The molecular formula is C15H11FO5. The summed E-state index contributed by atoms with van der Waals surface area (Å²) in [5.41, 5.74) is -0.200. The van der Waals surface area contributed by atoms with E-state index in [1.807, 2.05) is 0 Å². The van der Waals surface area contributed by atoms with Crippen molar-refractivity contribution in [2.24, 2.45) is 0 Å². The van der Waals surface area contributed by atoms with Crippen LogP contribution in [0.2, 0.25) is 0 Å². The number of carboxylic acid groups (broad SMARTS) is 1. The molecule has 1 aliphatic heterocycles. The van der Waals surface area contributed by atoms with E-state index in [0.717, 1.165) is 0 Å². The Bertz CT molecular complexity index is 698. The van der Waals surface area contributed by atoms with Crippen LogP contribution in [-0.4, -0.2) is 17.9 Å². The fraction of sp³-hybridized carbons (Fsp3) is 0.133. The lowest BCUT2D eigenvalue weighted by Gasteiger charge is -2.09. The Labute approximate surface area is 119 Å². The maximum atomic E-state index is 13.9. The first-order chi connectivity index (χ1) is 10.1. The molecule has 0 unspecified atom stereocenters. The van der Waals surface area contributed by atoms with Crippen molar-refractivity contribution in [3.63, 3.8) is 0 Å². The van der Waals surface area contributed by atoms with Crippen LogP contribution >= 0.6 is 0 Å². The van der Waals surface area contributed by atoms with Crippen LogP contribution in [0.15, 0.2) is 36.4 Å². The van der Waals surface area contributed by atoms with Crippen LogP contribution in [0.4, 0.5) is 4.39 Å². The van der Waals surface area contributed by atoms with Crippen molar-refractivity contribution in [1.29, 1.82) is 0 Å². The molecule has 1 heterocycles. The zero-order chi connectivity index (χ0) is 14.8. The van der Waals surface area contributed by atoms with Gasteiger partial charge < -0.3 is 19.3 Å². The third-order valence-electron chi connectivity index (χ3n) is 3.05. The van der Waals surface area contributed by atoms with Gasteiger partial charge in [-0.1, -0.05) is 12.1 Å². The molecule has 0 aliphatic carbocycles. The molecule has 0 saturated carbocycles. The van der Waals surface area contributed by atoms with Crippen molar-refractivity contribution in [2.45, 2.75) is 6.61 Å². The standard InChI is InChI=1S/C15H11FO5/c16-14-9(2-1-3-11(14)15(17)18)7-19-10-4-5-12-13(6-10)21-8-20-12/h1-6H,7-8H2,(H,17,18). The Morgan fingerprint density at radius 2 is 2.05 bits per heavy atom. The SMILES string of the molecule is O=C(O)c1cccc(COc2ccc3c(c2)OCO3)c1F. The summed E-state index contributed by atoms with van der Waals surface area (Å²) in [6.07, 6.45) is 0. The minimum Gasteiger partial charge on any atom is -0.489 e. The van der Waals surface area contributed by atoms with E-state index in [-0.39, 0.29) is 24.5 Å². The Balaban J connectivity index is 1.76. The van der Waals surface area contributed by atoms with Crippen LogP contribution in [0.1, 0.15) is 15.9 Å². The molecule has 0 amide bonds. The van der Waals surface area contributed by atoms with Crippen molar-refractivity contribution >= 4 is 5.97 Å². The predicted molar refractivity (Wildman–Crippen MR) is 70.3 cm³/mol. The maximum Gasteiger partial charge on any atom is 0.338 e. The number of carbonyl (C=O) groups is 1. The molecule has 1 N–H and O–H groups in total. The summed E-state index contributed by atoms with van der Waals surface area (Å²) in [7, 11) is 0. The van der Waals surface area contributed by atoms with Crippen LogP contribution in [0.25, 0.3) is 0 Å². The number of benzene rings is 2. The molecule has 2 aromatic carbocycles. The second kappa shape index (κ2) is 5.32. The molecule has 5 nitrogen and oxygen atoms in total. The van der Waals surface area contributed by atoms with Gasteiger partial charge in [-0.2, -0.15) is 0 Å². The van der Waals surface area contributed by atoms with Crippen LogP contribution in [0, 0.1) is 5.82 Å². The van der Waals surface area contributed by atoms with Crippen molar-refractivity contribution in [3.8, 4) is 17.2 Å². The van der Waals surface area contributed by atoms with E-state index in [4.69, 9.17) is 19.3 Å². The van der Waals surface area contributed by atoms with Gasteiger partial charge in [0, 0.05) is 11.6 Å². The number of ether oxygens (including phenoxy) is 3. The normalized spacial score (nSPS) is 12.2. The molecule has 1 aliphatic rings. The monoisotopic (exact) mass is 290 g/mol. The van der Waals surface area contributed by atoms with Gasteiger partial charge in [0.15, 0.2) is 11.5 Å². The van der Waals surface area contributed by atoms with Crippen LogP contribution in [0.3, 0.4) is 0 Å². The van der Waals surface area contributed by atoms with Crippen LogP contribution < -0.4 is 14.2 Å². The average molecular weight is 290 g/mol. The van der Waals surface area contributed by atoms with Crippen LogP contribution in [0.5, 0.6) is 17.2 Å². The van der Waals surface area contributed by atoms with Gasteiger partial charge in [-0.15, -0.1) is 0 Å². The highest BCUT2D eigenvalue weighted by atomic mass is 19.1. The van der Waals surface area contributed by atoms with E-state index in [0.29, 0.717) is 17.2 Å². The molecule has 21 heavy (non-hydrogen) atoms. The van der Waals surface area contributed by atoms with E-state index in [1.54, 1.807) is 18.2 Å². The molecule has 2 aromatic rings. The number of hydrogen-bond donors (Lipinski definition) is 1. The summed E-state index contributed by atoms with van der Waals surface area (Å²) < 4.78 is 29.8. The number of fused-ring (bicyclic) bond motifs is 1. The van der Waals surface area contributed by atoms with Gasteiger partial charge >= 0.3 is 5.97 Å². The number of rotatable bonds is 4. The average Bonchev–Trinajstić information content (AvgIpc) is 2.93. The molecule has 108 valence electrons. The minimum absolute atomic E-state index is 0.0768. The second-order valence-electron chi connectivity index (χ2n) is 4.39. The molecule has 0 spiro atoms. The van der Waals surface area contributed by atoms with E-state index in [1.165, 1.54) is 18.2 Å². The van der Waals surface area contributed by atoms with Crippen molar-refractivity contribution in [1.82, 2.24) is 0 Å². The summed E-state index contributed by atoms with van der Waals surface area (Å²) >= 11 is 0. The molecule has 0 radical (unpaired) electrons. The first-order valence-electron chi connectivity index (χ1n) is 6.18. The Kier molecular flexibility index (Phi) is 3.35. The van der Waals surface area contributed by atoms with Gasteiger partial charge in [0.2, 0.25) is 6.79 Å². The fourth-order valence-electron chi connectivity index (χ4n) is 1.98. The van der Waals surface area contributed by atoms with Crippen molar-refractivity contribution < 1.29 is 28.5 Å². The lowest BCUT2D eigenvalue weighted by molar-refractivity contribution is 0.0691. The quantitative estimate of drug-likeness (QED) is 0.938. The Morgan fingerprint density at radius 3 is 2.86 bits per heavy atom. The smallest absolute Gasteiger partial charge is 0.338 e. The number of aromatic carboxylic acids is 1. The topological polar surface area (TPSA) is 65.0 Å². The lowest BCUT2D eigenvalue weighted by atomic mass is 10.1. The first-order valence-corrected chi connectivity index (χ1v) is 6.18. The number of carboxylic acids is 1. The van der Waals surface area contributed by atoms with Gasteiger partial charge in [0.25, 0.3) is 0 Å². The highest BCUT2D eigenvalue weighted by Crippen LogP contribution is 2.35.